The van der Waals surface area contributed by atoms with Crippen LogP contribution in [0.5, 0.6) is 0 Å². The number of benzene rings is 1. The molecule has 1 unspecified atom stereocenters. The lowest BCUT2D eigenvalue weighted by atomic mass is 9.86. The van der Waals surface area contributed by atoms with Gasteiger partial charge in [-0.1, -0.05) is 45.0 Å². The predicted octanol–water partition coefficient (Wildman–Crippen LogP) is 4.44. The molecule has 3 rings (SSSR count). The van der Waals surface area contributed by atoms with Crippen LogP contribution in [0.15, 0.2) is 30.5 Å². The molecule has 0 fully saturated rings. The lowest BCUT2D eigenvalue weighted by Gasteiger charge is -2.33. The molecular weight excluding hydrogens is 258 g/mol. The number of aromatic nitrogens is 2. The second-order valence-electron chi connectivity index (χ2n) is 7.08. The largest absolute Gasteiger partial charge is 0.322 e. The van der Waals surface area contributed by atoms with E-state index >= 15 is 0 Å². The Morgan fingerprint density at radius 3 is 2.48 bits per heavy atom. The Balaban J connectivity index is 2.14. The van der Waals surface area contributed by atoms with Crippen molar-refractivity contribution in [2.45, 2.75) is 51.5 Å². The zero-order chi connectivity index (χ0) is 15.3. The maximum atomic E-state index is 7.09. The van der Waals surface area contributed by atoms with Crippen LogP contribution in [0.25, 0.3) is 4.85 Å². The summed E-state index contributed by atoms with van der Waals surface area (Å²) in [6.07, 6.45) is 4.11. The molecule has 1 aliphatic heterocycles. The summed E-state index contributed by atoms with van der Waals surface area (Å²) in [5.41, 5.74) is 3.26. The summed E-state index contributed by atoms with van der Waals surface area (Å²) in [5, 5.41) is 0. The summed E-state index contributed by atoms with van der Waals surface area (Å²) in [4.78, 5) is 8.12. The average molecular weight is 279 g/mol. The van der Waals surface area contributed by atoms with Crippen LogP contribution in [0.4, 0.5) is 5.69 Å². The van der Waals surface area contributed by atoms with Gasteiger partial charge in [-0.2, -0.15) is 0 Å². The fraction of sp³-hybridized carbons (Fsp3) is 0.444. The molecule has 1 aromatic carbocycles. The first kappa shape index (κ1) is 13.9. The molecule has 1 atom stereocenters. The maximum Gasteiger partial charge on any atom is 0.187 e. The minimum atomic E-state index is -0.0605. The second-order valence-corrected chi connectivity index (χ2v) is 7.08. The third kappa shape index (κ3) is 2.06. The quantitative estimate of drug-likeness (QED) is 0.707. The Kier molecular flexibility index (Phi) is 2.95. The molecule has 0 bridgehead atoms. The zero-order valence-corrected chi connectivity index (χ0v) is 13.1. The molecule has 2 aromatic rings. The predicted molar refractivity (Wildman–Crippen MR) is 84.7 cm³/mol. The summed E-state index contributed by atoms with van der Waals surface area (Å²) in [6, 6.07) is 8.02. The molecule has 2 heterocycles. The molecule has 3 nitrogen and oxygen atoms in total. The van der Waals surface area contributed by atoms with Gasteiger partial charge in [-0.05, 0) is 18.9 Å². The zero-order valence-electron chi connectivity index (χ0n) is 13.1. The standard InChI is InChI=1S/C18H21N3/c1-17(2,3)15-12-20-16-10-11-18(4,21(15)16)13-6-8-14(19-5)9-7-13/h6-9,12H,10-11H2,1-4H3. The Morgan fingerprint density at radius 1 is 1.24 bits per heavy atom. The van der Waals surface area contributed by atoms with Crippen LogP contribution in [0.1, 0.15) is 51.2 Å². The van der Waals surface area contributed by atoms with Gasteiger partial charge in [0.2, 0.25) is 0 Å². The topological polar surface area (TPSA) is 22.2 Å². The van der Waals surface area contributed by atoms with Crippen LogP contribution in [-0.2, 0) is 17.4 Å². The van der Waals surface area contributed by atoms with Gasteiger partial charge in [0.15, 0.2) is 5.69 Å². The first-order valence-electron chi connectivity index (χ1n) is 7.42. The molecule has 108 valence electrons. The summed E-state index contributed by atoms with van der Waals surface area (Å²) in [7, 11) is 0. The van der Waals surface area contributed by atoms with E-state index in [-0.39, 0.29) is 11.0 Å². The third-order valence-electron chi connectivity index (χ3n) is 4.55. The molecule has 0 saturated carbocycles. The molecule has 0 radical (unpaired) electrons. The van der Waals surface area contributed by atoms with E-state index in [9.17, 15) is 0 Å². The van der Waals surface area contributed by atoms with Crippen LogP contribution >= 0.6 is 0 Å². The van der Waals surface area contributed by atoms with E-state index in [4.69, 9.17) is 6.57 Å². The van der Waals surface area contributed by atoms with Crippen LogP contribution in [-0.4, -0.2) is 9.55 Å². The van der Waals surface area contributed by atoms with E-state index in [0.717, 1.165) is 12.8 Å². The first-order chi connectivity index (χ1) is 9.86. The van der Waals surface area contributed by atoms with Crippen LogP contribution < -0.4 is 0 Å². The molecule has 1 aliphatic rings. The highest BCUT2D eigenvalue weighted by Crippen LogP contribution is 2.41. The van der Waals surface area contributed by atoms with Crippen molar-refractivity contribution in [2.75, 3.05) is 0 Å². The van der Waals surface area contributed by atoms with Crippen LogP contribution in [0.2, 0.25) is 0 Å². The smallest absolute Gasteiger partial charge is 0.187 e. The van der Waals surface area contributed by atoms with Gasteiger partial charge in [0, 0.05) is 23.7 Å². The van der Waals surface area contributed by atoms with Gasteiger partial charge in [0.1, 0.15) is 5.82 Å². The second kappa shape index (κ2) is 4.46. The van der Waals surface area contributed by atoms with Gasteiger partial charge < -0.3 is 4.57 Å². The van der Waals surface area contributed by atoms with Crippen LogP contribution in [0, 0.1) is 6.57 Å². The molecule has 3 heteroatoms. The maximum absolute atomic E-state index is 7.09. The molecular formula is C18H21N3. The Hall–Kier alpha value is -2.08. The average Bonchev–Trinajstić information content (AvgIpc) is 3.01. The van der Waals surface area contributed by atoms with Crippen molar-refractivity contribution in [1.82, 2.24) is 9.55 Å². The lowest BCUT2D eigenvalue weighted by molar-refractivity contribution is 0.378. The number of rotatable bonds is 1. The minimum absolute atomic E-state index is 0.0605. The van der Waals surface area contributed by atoms with E-state index < -0.39 is 0 Å². The number of aryl methyl sites for hydroxylation is 1. The highest BCUT2D eigenvalue weighted by molar-refractivity contribution is 5.47. The van der Waals surface area contributed by atoms with Gasteiger partial charge >= 0.3 is 0 Å². The molecule has 1 aromatic heterocycles. The minimum Gasteiger partial charge on any atom is -0.322 e. The first-order valence-corrected chi connectivity index (χ1v) is 7.42. The molecule has 0 N–H and O–H groups in total. The van der Waals surface area contributed by atoms with Gasteiger partial charge in [0.05, 0.1) is 12.1 Å². The van der Waals surface area contributed by atoms with Crippen molar-refractivity contribution in [3.63, 3.8) is 0 Å². The number of fused-ring (bicyclic) bond motifs is 1. The van der Waals surface area contributed by atoms with Crippen molar-refractivity contribution in [1.29, 1.82) is 0 Å². The van der Waals surface area contributed by atoms with Gasteiger partial charge in [0.25, 0.3) is 0 Å². The van der Waals surface area contributed by atoms with Crippen molar-refractivity contribution in [2.24, 2.45) is 0 Å². The highest BCUT2D eigenvalue weighted by Gasteiger charge is 2.39. The monoisotopic (exact) mass is 279 g/mol. The summed E-state index contributed by atoms with van der Waals surface area (Å²) in [5.74, 6) is 1.18. The summed E-state index contributed by atoms with van der Waals surface area (Å²) >= 11 is 0. The third-order valence-corrected chi connectivity index (χ3v) is 4.55. The van der Waals surface area contributed by atoms with E-state index in [2.05, 4.69) is 54.2 Å². The number of hydrogen-bond acceptors (Lipinski definition) is 1. The van der Waals surface area contributed by atoms with Gasteiger partial charge in [-0.15, -0.1) is 0 Å². The lowest BCUT2D eigenvalue weighted by Crippen LogP contribution is -2.32. The van der Waals surface area contributed by atoms with Gasteiger partial charge in [-0.3, -0.25) is 0 Å². The summed E-state index contributed by atoms with van der Waals surface area (Å²) < 4.78 is 2.42. The SMILES string of the molecule is [C-]#[N+]c1ccc(C2(C)CCc3ncc(C(C)(C)C)n32)cc1. The summed E-state index contributed by atoms with van der Waals surface area (Å²) in [6.45, 7) is 16.1. The molecule has 0 aliphatic carbocycles. The van der Waals surface area contributed by atoms with E-state index in [1.165, 1.54) is 17.1 Å². The van der Waals surface area contributed by atoms with Crippen LogP contribution in [0.3, 0.4) is 0 Å². The fourth-order valence-corrected chi connectivity index (χ4v) is 3.28. The highest BCUT2D eigenvalue weighted by atomic mass is 15.2. The molecule has 21 heavy (non-hydrogen) atoms. The Morgan fingerprint density at radius 2 is 1.90 bits per heavy atom. The number of nitrogens with zero attached hydrogens (tertiary/aromatic N) is 3. The molecule has 0 amide bonds. The molecule has 0 spiro atoms. The van der Waals surface area contributed by atoms with Crippen molar-refractivity contribution < 1.29 is 0 Å². The van der Waals surface area contributed by atoms with Crippen molar-refractivity contribution >= 4 is 5.69 Å². The number of imidazole rings is 1. The van der Waals surface area contributed by atoms with Gasteiger partial charge in [-0.25, -0.2) is 9.83 Å². The Labute approximate surface area is 126 Å². The molecule has 0 saturated heterocycles. The van der Waals surface area contributed by atoms with Crippen molar-refractivity contribution in [3.8, 4) is 0 Å². The van der Waals surface area contributed by atoms with Crippen molar-refractivity contribution in [3.05, 3.63) is 59.0 Å². The van der Waals surface area contributed by atoms with E-state index in [1.54, 1.807) is 0 Å². The van der Waals surface area contributed by atoms with E-state index in [0.29, 0.717) is 5.69 Å². The van der Waals surface area contributed by atoms with E-state index in [1.807, 2.05) is 18.3 Å². The normalized spacial score (nSPS) is 21.1. The Bertz CT molecular complexity index is 710. The fourth-order valence-electron chi connectivity index (χ4n) is 3.28. The number of hydrogen-bond donors (Lipinski definition) is 0.